The monoisotopic (exact) mass is 378 g/mol. The molecule has 2 aliphatic heterocycles. The van der Waals surface area contributed by atoms with E-state index in [9.17, 15) is 19.5 Å². The van der Waals surface area contributed by atoms with Crippen LogP contribution in [0, 0.1) is 11.8 Å². The summed E-state index contributed by atoms with van der Waals surface area (Å²) in [6.07, 6.45) is 7.66. The molecular formula is C21H18N2O5. The number of amides is 3. The maximum atomic E-state index is 12.7. The molecule has 28 heavy (non-hydrogen) atoms. The molecule has 2 aliphatic carbocycles. The topological polar surface area (TPSA) is 105 Å². The second-order valence-corrected chi connectivity index (χ2v) is 7.62. The average Bonchev–Trinajstić information content (AvgIpc) is 3.44. The third-order valence-electron chi connectivity index (χ3n) is 6.00. The Morgan fingerprint density at radius 3 is 2.82 bits per heavy atom. The Hall–Kier alpha value is -3.35. The minimum absolute atomic E-state index is 0.202. The number of carboxylic acids is 1. The molecule has 3 amide bonds. The Morgan fingerprint density at radius 1 is 1.29 bits per heavy atom. The fourth-order valence-corrected chi connectivity index (χ4v) is 4.55. The molecule has 0 radical (unpaired) electrons. The fourth-order valence-electron chi connectivity index (χ4n) is 4.55. The molecule has 2 heterocycles. The van der Waals surface area contributed by atoms with Gasteiger partial charge in [0.1, 0.15) is 11.6 Å². The van der Waals surface area contributed by atoms with E-state index in [0.29, 0.717) is 6.42 Å². The van der Waals surface area contributed by atoms with Crippen LogP contribution in [0.3, 0.4) is 0 Å². The molecule has 4 unspecified atom stereocenters. The van der Waals surface area contributed by atoms with E-state index in [4.69, 9.17) is 4.74 Å². The summed E-state index contributed by atoms with van der Waals surface area (Å²) in [5.41, 5.74) is 0.556. The second kappa shape index (κ2) is 5.82. The van der Waals surface area contributed by atoms with Crippen molar-refractivity contribution in [2.24, 2.45) is 11.8 Å². The summed E-state index contributed by atoms with van der Waals surface area (Å²) in [6.45, 7) is 0. The highest BCUT2D eigenvalue weighted by Gasteiger charge is 2.63. The maximum absolute atomic E-state index is 12.7. The molecule has 1 saturated heterocycles. The van der Waals surface area contributed by atoms with Gasteiger partial charge in [0.2, 0.25) is 0 Å². The van der Waals surface area contributed by atoms with E-state index in [0.717, 1.165) is 21.6 Å². The number of carbonyl (C=O) groups is 3. The SMILES string of the molecule is O=C1NC(=O)C(CC2=CC=CC3=c4ccccc4=COC23)(C2CC2C(=O)O)N1. The van der Waals surface area contributed by atoms with Gasteiger partial charge in [-0.15, -0.1) is 0 Å². The summed E-state index contributed by atoms with van der Waals surface area (Å²) in [7, 11) is 0. The summed E-state index contributed by atoms with van der Waals surface area (Å²) in [5, 5.41) is 16.4. The van der Waals surface area contributed by atoms with Crippen LogP contribution in [0.4, 0.5) is 4.79 Å². The van der Waals surface area contributed by atoms with Crippen LogP contribution in [-0.2, 0) is 14.3 Å². The quantitative estimate of drug-likeness (QED) is 0.648. The first kappa shape index (κ1) is 16.8. The van der Waals surface area contributed by atoms with Gasteiger partial charge in [0.25, 0.3) is 5.91 Å². The molecule has 7 heteroatoms. The van der Waals surface area contributed by atoms with Crippen LogP contribution in [0.5, 0.6) is 0 Å². The summed E-state index contributed by atoms with van der Waals surface area (Å²) in [6, 6.07) is 7.30. The fraction of sp³-hybridized carbons (Fsp3) is 0.286. The second-order valence-electron chi connectivity index (χ2n) is 7.62. The van der Waals surface area contributed by atoms with E-state index in [1.54, 1.807) is 6.26 Å². The number of carbonyl (C=O) groups excluding carboxylic acids is 2. The number of allylic oxidation sites excluding steroid dienone is 2. The van der Waals surface area contributed by atoms with Crippen LogP contribution >= 0.6 is 0 Å². The number of ether oxygens (including phenoxy) is 1. The van der Waals surface area contributed by atoms with Gasteiger partial charge in [-0.2, -0.15) is 0 Å². The summed E-state index contributed by atoms with van der Waals surface area (Å²) in [4.78, 5) is 36.0. The molecule has 4 atom stereocenters. The Balaban J connectivity index is 1.53. The molecule has 1 saturated carbocycles. The van der Waals surface area contributed by atoms with Gasteiger partial charge in [0.05, 0.1) is 12.2 Å². The lowest BCUT2D eigenvalue weighted by molar-refractivity contribution is -0.139. The number of hydrogen-bond donors (Lipinski definition) is 3. The Morgan fingerprint density at radius 2 is 2.11 bits per heavy atom. The van der Waals surface area contributed by atoms with E-state index in [2.05, 4.69) is 10.6 Å². The Labute approximate surface area is 160 Å². The molecule has 0 spiro atoms. The zero-order valence-electron chi connectivity index (χ0n) is 14.8. The van der Waals surface area contributed by atoms with Gasteiger partial charge in [-0.05, 0) is 17.2 Å². The molecule has 3 N–H and O–H groups in total. The van der Waals surface area contributed by atoms with Crippen LogP contribution in [0.2, 0.25) is 0 Å². The van der Waals surface area contributed by atoms with Gasteiger partial charge in [-0.1, -0.05) is 42.5 Å². The highest BCUT2D eigenvalue weighted by molar-refractivity contribution is 6.08. The summed E-state index contributed by atoms with van der Waals surface area (Å²) >= 11 is 0. The van der Waals surface area contributed by atoms with Gasteiger partial charge in [0, 0.05) is 23.1 Å². The summed E-state index contributed by atoms with van der Waals surface area (Å²) < 4.78 is 5.97. The van der Waals surface area contributed by atoms with Crippen molar-refractivity contribution in [1.82, 2.24) is 10.6 Å². The molecule has 142 valence electrons. The van der Waals surface area contributed by atoms with Crippen molar-refractivity contribution in [1.29, 1.82) is 0 Å². The van der Waals surface area contributed by atoms with Crippen molar-refractivity contribution in [2.75, 3.05) is 0 Å². The highest BCUT2D eigenvalue weighted by atomic mass is 16.5. The van der Waals surface area contributed by atoms with Crippen LogP contribution in [-0.4, -0.2) is 34.7 Å². The average molecular weight is 378 g/mol. The molecule has 5 rings (SSSR count). The molecule has 4 aliphatic rings. The number of urea groups is 1. The van der Waals surface area contributed by atoms with E-state index < -0.39 is 35.3 Å². The predicted molar refractivity (Wildman–Crippen MR) is 98.9 cm³/mol. The Bertz CT molecular complexity index is 1100. The van der Waals surface area contributed by atoms with Gasteiger partial charge >= 0.3 is 12.0 Å². The number of rotatable bonds is 4. The molecule has 1 aromatic carbocycles. The van der Waals surface area contributed by atoms with Gasteiger partial charge in [0.15, 0.2) is 0 Å². The molecule has 0 aromatic heterocycles. The number of hydrogen-bond acceptors (Lipinski definition) is 4. The van der Waals surface area contributed by atoms with Crippen molar-refractivity contribution < 1.29 is 24.2 Å². The van der Waals surface area contributed by atoms with Crippen molar-refractivity contribution in [3.05, 3.63) is 58.5 Å². The Kier molecular flexibility index (Phi) is 3.49. The smallest absolute Gasteiger partial charge is 0.322 e. The van der Waals surface area contributed by atoms with Crippen molar-refractivity contribution in [2.45, 2.75) is 24.5 Å². The first-order valence-electron chi connectivity index (χ1n) is 9.18. The minimum Gasteiger partial charge on any atom is -0.488 e. The van der Waals surface area contributed by atoms with Gasteiger partial charge in [-0.3, -0.25) is 14.9 Å². The van der Waals surface area contributed by atoms with E-state index in [1.807, 2.05) is 42.5 Å². The van der Waals surface area contributed by atoms with E-state index in [-0.39, 0.29) is 12.5 Å². The maximum Gasteiger partial charge on any atom is 0.322 e. The molecule has 7 nitrogen and oxygen atoms in total. The van der Waals surface area contributed by atoms with E-state index >= 15 is 0 Å². The number of aliphatic carboxylic acids is 1. The largest absolute Gasteiger partial charge is 0.488 e. The lowest BCUT2D eigenvalue weighted by atomic mass is 9.80. The molecule has 2 fully saturated rings. The van der Waals surface area contributed by atoms with Crippen LogP contribution in [0.1, 0.15) is 12.8 Å². The predicted octanol–water partition coefficient (Wildman–Crippen LogP) is 0.159. The van der Waals surface area contributed by atoms with Gasteiger partial charge < -0.3 is 15.2 Å². The van der Waals surface area contributed by atoms with Crippen LogP contribution < -0.4 is 21.1 Å². The van der Waals surface area contributed by atoms with E-state index in [1.165, 1.54) is 0 Å². The first-order valence-corrected chi connectivity index (χ1v) is 9.18. The number of benzene rings is 1. The minimum atomic E-state index is -1.26. The number of imide groups is 1. The highest BCUT2D eigenvalue weighted by Crippen LogP contribution is 2.50. The zero-order valence-corrected chi connectivity index (χ0v) is 14.8. The first-order chi connectivity index (χ1) is 13.5. The normalized spacial score (nSPS) is 32.2. The number of carboxylic acid groups (broad SMARTS) is 1. The molecular weight excluding hydrogens is 360 g/mol. The number of fused-ring (bicyclic) bond motifs is 2. The third kappa shape index (κ3) is 2.39. The van der Waals surface area contributed by atoms with Crippen molar-refractivity contribution >= 4 is 29.7 Å². The summed E-state index contributed by atoms with van der Waals surface area (Å²) in [5.74, 6) is -2.49. The lowest BCUT2D eigenvalue weighted by Gasteiger charge is -2.33. The third-order valence-corrected chi connectivity index (χ3v) is 6.00. The molecule has 0 bridgehead atoms. The van der Waals surface area contributed by atoms with Gasteiger partial charge in [-0.25, -0.2) is 4.79 Å². The van der Waals surface area contributed by atoms with Crippen LogP contribution in [0.15, 0.2) is 48.1 Å². The standard InChI is InChI=1S/C21H18N2O5/c24-18(25)15-8-16(15)21(19(26)22-20(27)23-21)9-11-5-3-7-14-13-6-2-1-4-12(13)10-28-17(11)14/h1-7,10,15-17H,8-9H2,(H,24,25)(H2,22,23,26,27). The van der Waals surface area contributed by atoms with Crippen LogP contribution in [0.25, 0.3) is 11.8 Å². The van der Waals surface area contributed by atoms with Crippen molar-refractivity contribution in [3.8, 4) is 0 Å². The zero-order chi connectivity index (χ0) is 19.5. The molecule has 1 aromatic rings. The van der Waals surface area contributed by atoms with Crippen molar-refractivity contribution in [3.63, 3.8) is 0 Å². The lowest BCUT2D eigenvalue weighted by Crippen LogP contribution is -2.51. The number of nitrogens with one attached hydrogen (secondary N) is 2.